The van der Waals surface area contributed by atoms with E-state index in [1.54, 1.807) is 30.9 Å². The summed E-state index contributed by atoms with van der Waals surface area (Å²) in [5.74, 6) is -1.17. The summed E-state index contributed by atoms with van der Waals surface area (Å²) >= 11 is 4.71. The molecule has 0 saturated carbocycles. The van der Waals surface area contributed by atoms with Crippen LogP contribution in [0.5, 0.6) is 5.75 Å². The van der Waals surface area contributed by atoms with Gasteiger partial charge in [0.05, 0.1) is 36.0 Å². The Morgan fingerprint density at radius 3 is 2.43 bits per heavy atom. The van der Waals surface area contributed by atoms with Crippen LogP contribution in [0.4, 0.5) is 40.3 Å². The van der Waals surface area contributed by atoms with Crippen LogP contribution in [0.1, 0.15) is 69.6 Å². The van der Waals surface area contributed by atoms with Gasteiger partial charge in [-0.2, -0.15) is 18.4 Å². The van der Waals surface area contributed by atoms with Gasteiger partial charge in [-0.25, -0.2) is 4.39 Å². The number of halogens is 4. The maximum absolute atomic E-state index is 14.6. The lowest BCUT2D eigenvalue weighted by Crippen LogP contribution is -2.47. The summed E-state index contributed by atoms with van der Waals surface area (Å²) in [5.41, 5.74) is -1.83. The van der Waals surface area contributed by atoms with Gasteiger partial charge in [0.15, 0.2) is 5.50 Å². The molecule has 3 aliphatic rings. The fourth-order valence-electron chi connectivity index (χ4n) is 7.67. The fraction of sp³-hybridized carbons (Fsp3) is 0.439. The molecule has 0 aromatic heterocycles. The third kappa shape index (κ3) is 9.18. The zero-order chi connectivity index (χ0) is 41.9. The number of nitriles is 1. The highest BCUT2D eigenvalue weighted by Crippen LogP contribution is 2.43. The molecule has 6 rings (SSSR count). The van der Waals surface area contributed by atoms with Crippen LogP contribution in [0.15, 0.2) is 54.6 Å². The third-order valence-corrected chi connectivity index (χ3v) is 11.4. The number of anilines is 4. The van der Waals surface area contributed by atoms with Gasteiger partial charge >= 0.3 is 6.18 Å². The van der Waals surface area contributed by atoms with Crippen LogP contribution in [0.2, 0.25) is 0 Å². The zero-order valence-corrected chi connectivity index (χ0v) is 33.2. The Hall–Kier alpha value is -5.34. The molecule has 308 valence electrons. The van der Waals surface area contributed by atoms with E-state index in [1.165, 1.54) is 29.2 Å². The number of nitrogens with one attached hydrogen (secondary N) is 3. The van der Waals surface area contributed by atoms with Gasteiger partial charge in [0.1, 0.15) is 23.1 Å². The number of amides is 4. The molecule has 17 heteroatoms. The van der Waals surface area contributed by atoms with Crippen molar-refractivity contribution in [2.75, 3.05) is 46.7 Å². The number of ether oxygens (including phenoxy) is 1. The Bertz CT molecular complexity index is 2120. The number of piperidine rings is 2. The molecule has 3 N–H and O–H groups in total. The highest BCUT2D eigenvalue weighted by atomic mass is 32.1. The molecular formula is C41H45F4N7O5S. The highest BCUT2D eigenvalue weighted by Gasteiger charge is 2.52. The third-order valence-electron chi connectivity index (χ3n) is 10.9. The first kappa shape index (κ1) is 42.3. The van der Waals surface area contributed by atoms with Crippen LogP contribution < -0.4 is 30.5 Å². The van der Waals surface area contributed by atoms with Gasteiger partial charge in [0.25, 0.3) is 5.91 Å². The number of carbonyl (C=O) groups excluding carboxylic acids is 4. The predicted molar refractivity (Wildman–Crippen MR) is 213 cm³/mol. The van der Waals surface area contributed by atoms with Crippen LogP contribution in [-0.2, 0) is 31.8 Å². The average Bonchev–Trinajstić information content (AvgIpc) is 3.36. The van der Waals surface area contributed by atoms with E-state index in [2.05, 4.69) is 16.0 Å². The maximum Gasteiger partial charge on any atom is 0.417 e. The predicted octanol–water partition coefficient (Wildman–Crippen LogP) is 6.46. The molecule has 3 aromatic rings. The quantitative estimate of drug-likeness (QED) is 0.0919. The number of nitrogens with zero attached hydrogens (tertiary/aromatic N) is 4. The second kappa shape index (κ2) is 17.3. The molecule has 0 bridgehead atoms. The van der Waals surface area contributed by atoms with Crippen molar-refractivity contribution in [2.45, 2.75) is 82.6 Å². The van der Waals surface area contributed by atoms with E-state index in [-0.39, 0.29) is 36.2 Å². The first-order valence-corrected chi connectivity index (χ1v) is 19.6. The number of imide groups is 1. The van der Waals surface area contributed by atoms with E-state index < -0.39 is 52.0 Å². The summed E-state index contributed by atoms with van der Waals surface area (Å²) in [4.78, 5) is 55.1. The van der Waals surface area contributed by atoms with Crippen molar-refractivity contribution >= 4 is 59.0 Å². The minimum atomic E-state index is -4.78. The van der Waals surface area contributed by atoms with Gasteiger partial charge in [-0.1, -0.05) is 6.92 Å². The number of rotatable bonds is 12. The van der Waals surface area contributed by atoms with Gasteiger partial charge in [-0.05, 0) is 125 Å². The van der Waals surface area contributed by atoms with Crippen molar-refractivity contribution in [1.82, 2.24) is 10.2 Å². The topological polar surface area (TPSA) is 147 Å². The first-order valence-electron chi connectivity index (χ1n) is 19.1. The van der Waals surface area contributed by atoms with Gasteiger partial charge in [0, 0.05) is 23.5 Å². The van der Waals surface area contributed by atoms with Crippen LogP contribution in [0, 0.1) is 23.1 Å². The van der Waals surface area contributed by atoms with Crippen molar-refractivity contribution in [1.29, 1.82) is 5.26 Å². The van der Waals surface area contributed by atoms with E-state index >= 15 is 0 Å². The number of hydrogen-bond donors (Lipinski definition) is 4. The molecular weight excluding hydrogens is 779 g/mol. The molecule has 2 unspecified atom stereocenters. The number of hydrogen-bond acceptors (Lipinski definition) is 10. The van der Waals surface area contributed by atoms with Crippen molar-refractivity contribution in [3.8, 4) is 11.8 Å². The van der Waals surface area contributed by atoms with E-state index in [0.717, 1.165) is 37.0 Å². The molecule has 0 spiro atoms. The summed E-state index contributed by atoms with van der Waals surface area (Å²) in [6.45, 7) is 7.25. The minimum Gasteiger partial charge on any atom is -0.493 e. The Labute approximate surface area is 339 Å². The van der Waals surface area contributed by atoms with Gasteiger partial charge in [-0.15, -0.1) is 12.6 Å². The van der Waals surface area contributed by atoms with Crippen molar-refractivity contribution in [3.05, 3.63) is 77.1 Å². The van der Waals surface area contributed by atoms with E-state index in [1.807, 2.05) is 24.0 Å². The van der Waals surface area contributed by atoms with Crippen molar-refractivity contribution in [3.63, 3.8) is 0 Å². The monoisotopic (exact) mass is 823 g/mol. The van der Waals surface area contributed by atoms with E-state index in [9.17, 15) is 42.0 Å². The fourth-order valence-corrected chi connectivity index (χ4v) is 8.33. The molecule has 58 heavy (non-hydrogen) atoms. The standard InChI is InChI=1S/C41H45F4N7O5S/c1-4-25-19-29(52-39(58)51(38(56)40(52,2)3)28-7-5-26(22-46)30(21-28)41(43,44)45)8-11-34(25)57-18-15-24-13-16-50(17-14-24)23-36(54)48-33-20-27(6-9-31(33)42)47-32-10-12-35(53)49-37(32)55/h5-9,11,19-21,24,32,39,47,58H,4,10,12-18,23H2,1-3H3,(H,48,54)(H,49,53,55). The molecule has 4 amide bonds. The lowest BCUT2D eigenvalue weighted by molar-refractivity contribution is -0.138. The second-order valence-electron chi connectivity index (χ2n) is 15.2. The maximum atomic E-state index is 14.6. The number of likely N-dealkylation sites (tertiary alicyclic amines) is 1. The van der Waals surface area contributed by atoms with Crippen LogP contribution in [-0.4, -0.2) is 71.8 Å². The molecule has 3 saturated heterocycles. The number of aryl methyl sites for hydroxylation is 1. The molecule has 3 aliphatic heterocycles. The summed E-state index contributed by atoms with van der Waals surface area (Å²) in [6.07, 6.45) is -1.19. The molecule has 12 nitrogen and oxygen atoms in total. The largest absolute Gasteiger partial charge is 0.493 e. The molecule has 3 heterocycles. The molecule has 0 aliphatic carbocycles. The molecule has 3 fully saturated rings. The number of thiol groups is 1. The number of carbonyl (C=O) groups is 4. The number of benzene rings is 3. The van der Waals surface area contributed by atoms with Gasteiger partial charge < -0.3 is 20.3 Å². The van der Waals surface area contributed by atoms with E-state index in [4.69, 9.17) is 17.4 Å². The minimum absolute atomic E-state index is 0.00934. The molecule has 0 radical (unpaired) electrons. The lowest BCUT2D eigenvalue weighted by atomic mass is 9.94. The average molecular weight is 824 g/mol. The Balaban J connectivity index is 1.00. The van der Waals surface area contributed by atoms with Crippen LogP contribution in [0.3, 0.4) is 0 Å². The van der Waals surface area contributed by atoms with Crippen molar-refractivity contribution < 1.29 is 41.5 Å². The highest BCUT2D eigenvalue weighted by molar-refractivity contribution is 7.81. The Morgan fingerprint density at radius 1 is 1.03 bits per heavy atom. The molecule has 3 aromatic carbocycles. The SMILES string of the molecule is CCc1cc(N2C(S)N(c3ccc(C#N)c(C(F)(F)F)c3)C(=O)C2(C)C)ccc1OCCC1CCN(CC(=O)Nc2cc(NC3CCC(=O)NC3=O)ccc2F)CC1. The van der Waals surface area contributed by atoms with Gasteiger partial charge in [-0.3, -0.25) is 34.3 Å². The summed E-state index contributed by atoms with van der Waals surface area (Å²) in [7, 11) is 0. The molecule has 2 atom stereocenters. The van der Waals surface area contributed by atoms with Crippen LogP contribution >= 0.6 is 12.6 Å². The smallest absolute Gasteiger partial charge is 0.417 e. The summed E-state index contributed by atoms with van der Waals surface area (Å²) in [6, 6.07) is 13.7. The summed E-state index contributed by atoms with van der Waals surface area (Å²) < 4.78 is 62.1. The Kier molecular flexibility index (Phi) is 12.6. The van der Waals surface area contributed by atoms with Crippen molar-refractivity contribution in [2.24, 2.45) is 5.92 Å². The van der Waals surface area contributed by atoms with Crippen LogP contribution in [0.25, 0.3) is 0 Å². The second-order valence-corrected chi connectivity index (χ2v) is 15.6. The first-order chi connectivity index (χ1) is 27.5. The van der Waals surface area contributed by atoms with Gasteiger partial charge in [0.2, 0.25) is 17.7 Å². The summed E-state index contributed by atoms with van der Waals surface area (Å²) in [5, 5.41) is 17.1. The van der Waals surface area contributed by atoms with E-state index in [0.29, 0.717) is 55.6 Å². The Morgan fingerprint density at radius 2 is 1.76 bits per heavy atom. The normalized spacial score (nSPS) is 20.2. The zero-order valence-electron chi connectivity index (χ0n) is 32.3. The number of alkyl halides is 3. The lowest BCUT2D eigenvalue weighted by Gasteiger charge is -2.34.